The fourth-order valence-electron chi connectivity index (χ4n) is 2.10. The molecule has 5 heteroatoms. The number of halogens is 1. The Labute approximate surface area is 125 Å². The number of ether oxygens (including phenoxy) is 1. The third-order valence-corrected chi connectivity index (χ3v) is 3.75. The van der Waals surface area contributed by atoms with E-state index in [9.17, 15) is 4.79 Å². The monoisotopic (exact) mass is 332 g/mol. The Balaban J connectivity index is 1.72. The maximum atomic E-state index is 11.5. The molecule has 1 aliphatic heterocycles. The molecule has 1 aliphatic rings. The molecule has 1 unspecified atom stereocenters. The summed E-state index contributed by atoms with van der Waals surface area (Å²) in [7, 11) is 0. The summed E-state index contributed by atoms with van der Waals surface area (Å²) in [5.74, 6) is 0.533. The van der Waals surface area contributed by atoms with Crippen molar-refractivity contribution in [3.8, 4) is 5.75 Å². The predicted molar refractivity (Wildman–Crippen MR) is 80.5 cm³/mol. The summed E-state index contributed by atoms with van der Waals surface area (Å²) < 4.78 is 6.76. The van der Waals surface area contributed by atoms with Gasteiger partial charge in [-0.1, -0.05) is 34.1 Å². The van der Waals surface area contributed by atoms with Crippen molar-refractivity contribution in [1.82, 2.24) is 0 Å². The third-order valence-electron chi connectivity index (χ3n) is 3.22. The second-order valence-corrected chi connectivity index (χ2v) is 5.55. The summed E-state index contributed by atoms with van der Waals surface area (Å²) in [6, 6.07) is 12.8. The van der Waals surface area contributed by atoms with Crippen LogP contribution in [-0.2, 0) is 11.4 Å². The Morgan fingerprint density at radius 1 is 1.20 bits per heavy atom. The molecule has 4 nitrogen and oxygen atoms in total. The fourth-order valence-corrected chi connectivity index (χ4v) is 2.37. The van der Waals surface area contributed by atoms with Crippen molar-refractivity contribution in [2.45, 2.75) is 12.6 Å². The maximum absolute atomic E-state index is 11.5. The Morgan fingerprint density at radius 2 is 1.95 bits per heavy atom. The van der Waals surface area contributed by atoms with Crippen molar-refractivity contribution in [2.24, 2.45) is 5.73 Å². The number of rotatable bonds is 3. The van der Waals surface area contributed by atoms with E-state index >= 15 is 0 Å². The lowest BCUT2D eigenvalue weighted by Crippen LogP contribution is -2.19. The van der Waals surface area contributed by atoms with Crippen LogP contribution < -0.4 is 15.8 Å². The Bertz CT molecular complexity index is 655. The molecule has 2 aromatic carbocycles. The van der Waals surface area contributed by atoms with Gasteiger partial charge in [0.2, 0.25) is 5.91 Å². The summed E-state index contributed by atoms with van der Waals surface area (Å²) in [6.45, 7) is 0.478. The normalized spacial score (nSPS) is 16.7. The number of carbonyl (C=O) groups is 1. The minimum Gasteiger partial charge on any atom is -0.489 e. The second kappa shape index (κ2) is 5.26. The molecule has 0 spiro atoms. The quantitative estimate of drug-likeness (QED) is 0.908. The molecular weight excluding hydrogens is 320 g/mol. The summed E-state index contributed by atoms with van der Waals surface area (Å²) in [4.78, 5) is 11.5. The van der Waals surface area contributed by atoms with Gasteiger partial charge >= 0.3 is 0 Å². The van der Waals surface area contributed by atoms with E-state index in [1.165, 1.54) is 0 Å². The molecule has 0 saturated heterocycles. The molecule has 102 valence electrons. The van der Waals surface area contributed by atoms with Gasteiger partial charge in [-0.15, -0.1) is 0 Å². The summed E-state index contributed by atoms with van der Waals surface area (Å²) in [5, 5.41) is 2.74. The van der Waals surface area contributed by atoms with Crippen LogP contribution in [0, 0.1) is 0 Å². The zero-order valence-electron chi connectivity index (χ0n) is 10.6. The van der Waals surface area contributed by atoms with Gasteiger partial charge in [0.1, 0.15) is 18.4 Å². The minimum atomic E-state index is -0.578. The van der Waals surface area contributed by atoms with Crippen molar-refractivity contribution < 1.29 is 9.53 Å². The predicted octanol–water partition coefficient (Wildman–Crippen LogP) is 2.98. The van der Waals surface area contributed by atoms with Gasteiger partial charge in [-0.2, -0.15) is 0 Å². The summed E-state index contributed by atoms with van der Waals surface area (Å²) in [6.07, 6.45) is 0. The van der Waals surface area contributed by atoms with Crippen LogP contribution >= 0.6 is 15.9 Å². The maximum Gasteiger partial charge on any atom is 0.245 e. The highest BCUT2D eigenvalue weighted by Gasteiger charge is 2.27. The molecule has 0 radical (unpaired) electrons. The van der Waals surface area contributed by atoms with E-state index in [-0.39, 0.29) is 5.91 Å². The number of anilines is 1. The molecule has 3 rings (SSSR count). The van der Waals surface area contributed by atoms with Crippen LogP contribution in [0.1, 0.15) is 17.2 Å². The van der Waals surface area contributed by atoms with E-state index in [1.807, 2.05) is 36.4 Å². The Morgan fingerprint density at radius 3 is 2.70 bits per heavy atom. The highest BCUT2D eigenvalue weighted by atomic mass is 79.9. The molecule has 1 atom stereocenters. The lowest BCUT2D eigenvalue weighted by Gasteiger charge is -2.08. The van der Waals surface area contributed by atoms with Gasteiger partial charge in [-0.05, 0) is 23.8 Å². The molecule has 1 amide bonds. The SMILES string of the molecule is NC1C(=O)Nc2cc(OCc3ccc(Br)cc3)ccc21. The molecule has 3 N–H and O–H groups in total. The van der Waals surface area contributed by atoms with Crippen LogP contribution in [0.2, 0.25) is 0 Å². The topological polar surface area (TPSA) is 64.4 Å². The van der Waals surface area contributed by atoms with Crippen molar-refractivity contribution in [3.63, 3.8) is 0 Å². The van der Waals surface area contributed by atoms with Crippen LogP contribution in [-0.4, -0.2) is 5.91 Å². The lowest BCUT2D eigenvalue weighted by atomic mass is 10.1. The number of nitrogens with two attached hydrogens (primary N) is 1. The van der Waals surface area contributed by atoms with Gasteiger partial charge in [-0.25, -0.2) is 0 Å². The zero-order valence-corrected chi connectivity index (χ0v) is 12.2. The van der Waals surface area contributed by atoms with Crippen LogP contribution in [0.15, 0.2) is 46.9 Å². The van der Waals surface area contributed by atoms with E-state index in [0.29, 0.717) is 12.4 Å². The Kier molecular flexibility index (Phi) is 3.46. The van der Waals surface area contributed by atoms with Crippen molar-refractivity contribution in [3.05, 3.63) is 58.1 Å². The molecule has 20 heavy (non-hydrogen) atoms. The van der Waals surface area contributed by atoms with Crippen LogP contribution in [0.4, 0.5) is 5.69 Å². The van der Waals surface area contributed by atoms with Gasteiger partial charge in [0.05, 0.1) is 0 Å². The molecule has 1 heterocycles. The van der Waals surface area contributed by atoms with Crippen molar-refractivity contribution in [1.29, 1.82) is 0 Å². The highest BCUT2D eigenvalue weighted by molar-refractivity contribution is 9.10. The number of hydrogen-bond donors (Lipinski definition) is 2. The molecule has 0 saturated carbocycles. The molecule has 2 aromatic rings. The largest absolute Gasteiger partial charge is 0.489 e. The first-order valence-corrected chi connectivity index (χ1v) is 7.00. The average molecular weight is 333 g/mol. The molecule has 0 fully saturated rings. The standard InChI is InChI=1S/C15H13BrN2O2/c16-10-3-1-9(2-4-10)8-20-11-5-6-12-13(7-11)18-15(19)14(12)17/h1-7,14H,8,17H2,(H,18,19). The molecule has 0 aliphatic carbocycles. The van der Waals surface area contributed by atoms with E-state index in [4.69, 9.17) is 10.5 Å². The fraction of sp³-hybridized carbons (Fsp3) is 0.133. The first kappa shape index (κ1) is 13.1. The number of carbonyl (C=O) groups excluding carboxylic acids is 1. The van der Waals surface area contributed by atoms with Gasteiger partial charge in [0, 0.05) is 21.8 Å². The smallest absolute Gasteiger partial charge is 0.245 e. The third kappa shape index (κ3) is 2.55. The van der Waals surface area contributed by atoms with Crippen molar-refractivity contribution >= 4 is 27.5 Å². The number of hydrogen-bond acceptors (Lipinski definition) is 3. The van der Waals surface area contributed by atoms with E-state index in [2.05, 4.69) is 21.2 Å². The molecular formula is C15H13BrN2O2. The van der Waals surface area contributed by atoms with Crippen LogP contribution in [0.3, 0.4) is 0 Å². The minimum absolute atomic E-state index is 0.176. The van der Waals surface area contributed by atoms with E-state index in [1.54, 1.807) is 6.07 Å². The van der Waals surface area contributed by atoms with Gasteiger partial charge in [0.15, 0.2) is 0 Å². The van der Waals surface area contributed by atoms with E-state index < -0.39 is 6.04 Å². The van der Waals surface area contributed by atoms with E-state index in [0.717, 1.165) is 21.3 Å². The Hall–Kier alpha value is -1.85. The van der Waals surface area contributed by atoms with Crippen LogP contribution in [0.25, 0.3) is 0 Å². The lowest BCUT2D eigenvalue weighted by molar-refractivity contribution is -0.116. The zero-order chi connectivity index (χ0) is 14.1. The number of fused-ring (bicyclic) bond motifs is 1. The number of nitrogens with one attached hydrogen (secondary N) is 1. The van der Waals surface area contributed by atoms with Gasteiger partial charge in [-0.3, -0.25) is 4.79 Å². The number of amides is 1. The summed E-state index contributed by atoms with van der Waals surface area (Å²) in [5.41, 5.74) is 8.38. The summed E-state index contributed by atoms with van der Waals surface area (Å²) >= 11 is 3.39. The molecule has 0 aromatic heterocycles. The second-order valence-electron chi connectivity index (χ2n) is 4.63. The first-order chi connectivity index (χ1) is 9.63. The average Bonchev–Trinajstić information content (AvgIpc) is 2.73. The highest BCUT2D eigenvalue weighted by Crippen LogP contribution is 2.32. The molecule has 0 bridgehead atoms. The van der Waals surface area contributed by atoms with Gasteiger partial charge < -0.3 is 15.8 Å². The number of benzene rings is 2. The van der Waals surface area contributed by atoms with Crippen LogP contribution in [0.5, 0.6) is 5.75 Å². The van der Waals surface area contributed by atoms with Crippen molar-refractivity contribution in [2.75, 3.05) is 5.32 Å². The first-order valence-electron chi connectivity index (χ1n) is 6.21. The van der Waals surface area contributed by atoms with Gasteiger partial charge in [0.25, 0.3) is 0 Å².